The number of hydrogen-bond acceptors (Lipinski definition) is 3. The van der Waals surface area contributed by atoms with Gasteiger partial charge >= 0.3 is 12.2 Å². The summed E-state index contributed by atoms with van der Waals surface area (Å²) in [6.07, 6.45) is -2.44. The van der Waals surface area contributed by atoms with Crippen molar-refractivity contribution >= 4 is 12.2 Å². The van der Waals surface area contributed by atoms with Gasteiger partial charge in [0.2, 0.25) is 0 Å². The standard InChI is InChI=1S/C4H8N2O5/c7-3(8)5-1-11-2-6-4(9)10/h5-6H,1-2H2,(H,7,8)(H,9,10). The summed E-state index contributed by atoms with van der Waals surface area (Å²) in [4.78, 5) is 19.5. The SMILES string of the molecule is O=C(O)NCOCNC(=O)O. The van der Waals surface area contributed by atoms with E-state index in [-0.39, 0.29) is 13.5 Å². The van der Waals surface area contributed by atoms with E-state index in [0.717, 1.165) is 0 Å². The van der Waals surface area contributed by atoms with Crippen molar-refractivity contribution in [2.24, 2.45) is 0 Å². The van der Waals surface area contributed by atoms with Crippen molar-refractivity contribution in [2.45, 2.75) is 0 Å². The van der Waals surface area contributed by atoms with Gasteiger partial charge in [0.1, 0.15) is 13.5 Å². The number of amides is 2. The van der Waals surface area contributed by atoms with Crippen molar-refractivity contribution in [3.8, 4) is 0 Å². The normalized spacial score (nSPS) is 8.73. The molecule has 0 radical (unpaired) electrons. The van der Waals surface area contributed by atoms with Crippen LogP contribution in [0.25, 0.3) is 0 Å². The van der Waals surface area contributed by atoms with Crippen LogP contribution in [0.4, 0.5) is 9.59 Å². The zero-order chi connectivity index (χ0) is 8.69. The first-order chi connectivity index (χ1) is 5.13. The molecule has 0 saturated carbocycles. The molecular formula is C4H8N2O5. The van der Waals surface area contributed by atoms with Crippen LogP contribution >= 0.6 is 0 Å². The molecule has 4 N–H and O–H groups in total. The Morgan fingerprint density at radius 1 is 1.09 bits per heavy atom. The quantitative estimate of drug-likeness (QED) is 0.329. The van der Waals surface area contributed by atoms with E-state index in [0.29, 0.717) is 0 Å². The van der Waals surface area contributed by atoms with Gasteiger partial charge in [0.15, 0.2) is 0 Å². The maximum Gasteiger partial charge on any atom is 0.406 e. The van der Waals surface area contributed by atoms with Crippen LogP contribution in [0.3, 0.4) is 0 Å². The van der Waals surface area contributed by atoms with E-state index in [1.165, 1.54) is 0 Å². The van der Waals surface area contributed by atoms with Crippen LogP contribution < -0.4 is 10.6 Å². The lowest BCUT2D eigenvalue weighted by Crippen LogP contribution is -2.29. The molecule has 0 spiro atoms. The summed E-state index contributed by atoms with van der Waals surface area (Å²) in [5, 5.41) is 19.7. The molecule has 7 nitrogen and oxygen atoms in total. The van der Waals surface area contributed by atoms with E-state index in [1.807, 2.05) is 10.6 Å². The van der Waals surface area contributed by atoms with Gasteiger partial charge in [0.25, 0.3) is 0 Å². The van der Waals surface area contributed by atoms with Crippen LogP contribution in [0, 0.1) is 0 Å². The first-order valence-corrected chi connectivity index (χ1v) is 2.64. The van der Waals surface area contributed by atoms with Gasteiger partial charge in [0.05, 0.1) is 0 Å². The Balaban J connectivity index is 3.03. The molecule has 0 saturated heterocycles. The second-order valence-electron chi connectivity index (χ2n) is 1.46. The maximum atomic E-state index is 9.77. The minimum Gasteiger partial charge on any atom is -0.465 e. The van der Waals surface area contributed by atoms with Crippen LogP contribution in [0.5, 0.6) is 0 Å². The van der Waals surface area contributed by atoms with Crippen molar-refractivity contribution < 1.29 is 24.5 Å². The Morgan fingerprint density at radius 2 is 1.45 bits per heavy atom. The predicted molar refractivity (Wildman–Crippen MR) is 33.1 cm³/mol. The number of hydrogen-bond donors (Lipinski definition) is 4. The smallest absolute Gasteiger partial charge is 0.406 e. The first-order valence-electron chi connectivity index (χ1n) is 2.64. The van der Waals surface area contributed by atoms with Gasteiger partial charge in [-0.15, -0.1) is 0 Å². The number of nitrogens with one attached hydrogen (secondary N) is 2. The van der Waals surface area contributed by atoms with Crippen LogP contribution in [0.1, 0.15) is 0 Å². The number of rotatable bonds is 4. The van der Waals surface area contributed by atoms with Crippen molar-refractivity contribution in [3.63, 3.8) is 0 Å². The molecule has 0 aliphatic carbocycles. The van der Waals surface area contributed by atoms with Gasteiger partial charge in [0, 0.05) is 0 Å². The molecular weight excluding hydrogens is 156 g/mol. The topological polar surface area (TPSA) is 108 Å². The second-order valence-corrected chi connectivity index (χ2v) is 1.46. The lowest BCUT2D eigenvalue weighted by molar-refractivity contribution is 0.0935. The van der Waals surface area contributed by atoms with Gasteiger partial charge in [-0.2, -0.15) is 0 Å². The van der Waals surface area contributed by atoms with Crippen molar-refractivity contribution in [2.75, 3.05) is 13.5 Å². The highest BCUT2D eigenvalue weighted by atomic mass is 16.5. The molecule has 0 rings (SSSR count). The molecule has 0 aromatic carbocycles. The van der Waals surface area contributed by atoms with E-state index in [4.69, 9.17) is 10.2 Å². The van der Waals surface area contributed by atoms with Crippen LogP contribution in [-0.2, 0) is 4.74 Å². The van der Waals surface area contributed by atoms with E-state index >= 15 is 0 Å². The summed E-state index contributed by atoms with van der Waals surface area (Å²) in [6.45, 7) is -0.481. The van der Waals surface area contributed by atoms with Gasteiger partial charge in [-0.05, 0) is 0 Å². The lowest BCUT2D eigenvalue weighted by atomic mass is 11.0. The molecule has 7 heteroatoms. The van der Waals surface area contributed by atoms with Crippen molar-refractivity contribution in [1.29, 1.82) is 0 Å². The zero-order valence-corrected chi connectivity index (χ0v) is 5.53. The number of carbonyl (C=O) groups is 2. The maximum absolute atomic E-state index is 9.77. The molecule has 0 unspecified atom stereocenters. The van der Waals surface area contributed by atoms with Gasteiger partial charge in [-0.3, -0.25) is 10.6 Å². The third-order valence-electron chi connectivity index (χ3n) is 0.651. The van der Waals surface area contributed by atoms with E-state index in [2.05, 4.69) is 4.74 Å². The average molecular weight is 164 g/mol. The molecule has 0 aromatic heterocycles. The molecule has 0 aliphatic heterocycles. The van der Waals surface area contributed by atoms with E-state index in [1.54, 1.807) is 0 Å². The van der Waals surface area contributed by atoms with Crippen molar-refractivity contribution in [1.82, 2.24) is 10.6 Å². The molecule has 0 fully saturated rings. The summed E-state index contributed by atoms with van der Waals surface area (Å²) in [6, 6.07) is 0. The molecule has 11 heavy (non-hydrogen) atoms. The first kappa shape index (κ1) is 9.50. The van der Waals surface area contributed by atoms with E-state index < -0.39 is 12.2 Å². The molecule has 0 aliphatic rings. The van der Waals surface area contributed by atoms with Crippen LogP contribution in [0.2, 0.25) is 0 Å². The highest BCUT2D eigenvalue weighted by Crippen LogP contribution is 1.67. The predicted octanol–water partition coefficient (Wildman–Crippen LogP) is -0.547. The molecule has 0 atom stereocenters. The minimum absolute atomic E-state index is 0.240. The molecule has 0 aromatic rings. The summed E-state index contributed by atoms with van der Waals surface area (Å²) < 4.78 is 4.47. The lowest BCUT2D eigenvalue weighted by Gasteiger charge is -2.02. The number of carboxylic acid groups (broad SMARTS) is 2. The zero-order valence-electron chi connectivity index (χ0n) is 5.53. The largest absolute Gasteiger partial charge is 0.465 e. The fourth-order valence-corrected chi connectivity index (χ4v) is 0.277. The fraction of sp³-hybridized carbons (Fsp3) is 0.500. The average Bonchev–Trinajstić information content (AvgIpc) is 1.85. The van der Waals surface area contributed by atoms with Crippen LogP contribution in [-0.4, -0.2) is 35.9 Å². The fourth-order valence-electron chi connectivity index (χ4n) is 0.277. The van der Waals surface area contributed by atoms with E-state index in [9.17, 15) is 9.59 Å². The highest BCUT2D eigenvalue weighted by Gasteiger charge is 1.94. The van der Waals surface area contributed by atoms with Gasteiger partial charge < -0.3 is 14.9 Å². The summed E-state index contributed by atoms with van der Waals surface area (Å²) in [5.74, 6) is 0. The Morgan fingerprint density at radius 3 is 1.73 bits per heavy atom. The Bertz CT molecular complexity index is 131. The van der Waals surface area contributed by atoms with Crippen LogP contribution in [0.15, 0.2) is 0 Å². The molecule has 64 valence electrons. The number of ether oxygens (including phenoxy) is 1. The van der Waals surface area contributed by atoms with Gasteiger partial charge in [-0.1, -0.05) is 0 Å². The Kier molecular flexibility index (Phi) is 4.58. The summed E-state index contributed by atoms with van der Waals surface area (Å²) in [5.41, 5.74) is 0. The molecule has 0 heterocycles. The molecule has 0 bridgehead atoms. The minimum atomic E-state index is -1.22. The van der Waals surface area contributed by atoms with Gasteiger partial charge in [-0.25, -0.2) is 9.59 Å². The highest BCUT2D eigenvalue weighted by molar-refractivity contribution is 5.64. The molecule has 2 amide bonds. The summed E-state index contributed by atoms with van der Waals surface area (Å²) in [7, 11) is 0. The summed E-state index contributed by atoms with van der Waals surface area (Å²) >= 11 is 0. The Hall–Kier alpha value is -1.50. The third kappa shape index (κ3) is 8.50. The Labute approximate surface area is 62.0 Å². The second kappa shape index (κ2) is 5.30. The third-order valence-corrected chi connectivity index (χ3v) is 0.651. The van der Waals surface area contributed by atoms with Crippen molar-refractivity contribution in [3.05, 3.63) is 0 Å². The monoisotopic (exact) mass is 164 g/mol.